The van der Waals surface area contributed by atoms with Crippen molar-refractivity contribution in [3.8, 4) is 11.5 Å². The number of hydrogen-bond acceptors (Lipinski definition) is 11. The maximum atomic E-state index is 12.5. The highest BCUT2D eigenvalue weighted by Gasteiger charge is 2.16. The van der Waals surface area contributed by atoms with Crippen LogP contribution in [-0.4, -0.2) is 99.6 Å². The van der Waals surface area contributed by atoms with E-state index in [4.69, 9.17) is 30.5 Å². The van der Waals surface area contributed by atoms with Crippen molar-refractivity contribution >= 4 is 45.9 Å². The topological polar surface area (TPSA) is 136 Å². The third-order valence-electron chi connectivity index (χ3n) is 6.58. The van der Waals surface area contributed by atoms with Gasteiger partial charge < -0.3 is 34.9 Å². The average Bonchev–Trinajstić information content (AvgIpc) is 2.99. The molecule has 3 N–H and O–H groups in total. The molecule has 226 valence electrons. The van der Waals surface area contributed by atoms with Crippen molar-refractivity contribution in [2.75, 3.05) is 78.1 Å². The van der Waals surface area contributed by atoms with Gasteiger partial charge in [0.2, 0.25) is 5.91 Å². The second kappa shape index (κ2) is 16.1. The molecule has 3 aromatic rings. The Morgan fingerprint density at radius 3 is 2.71 bits per heavy atom. The van der Waals surface area contributed by atoms with Gasteiger partial charge in [0.1, 0.15) is 25.3 Å². The normalized spacial score (nSPS) is 13.5. The molecule has 0 spiro atoms. The quantitative estimate of drug-likeness (QED) is 0.175. The highest BCUT2D eigenvalue weighted by atomic mass is 35.5. The second-order valence-electron chi connectivity index (χ2n) is 9.48. The minimum Gasteiger partial charge on any atom is -0.493 e. The first-order valence-corrected chi connectivity index (χ1v) is 14.3. The van der Waals surface area contributed by atoms with Gasteiger partial charge in [-0.2, -0.15) is 0 Å². The first-order chi connectivity index (χ1) is 20.5. The number of anilines is 2. The predicted octanol–water partition coefficient (Wildman–Crippen LogP) is 2.56. The van der Waals surface area contributed by atoms with Gasteiger partial charge in [-0.1, -0.05) is 17.7 Å². The number of carbonyl (C=O) groups excluding carboxylic acids is 2. The lowest BCUT2D eigenvalue weighted by atomic mass is 10.1. The van der Waals surface area contributed by atoms with Crippen molar-refractivity contribution < 1.29 is 28.5 Å². The number of aromatic nitrogens is 2. The van der Waals surface area contributed by atoms with Gasteiger partial charge in [-0.15, -0.1) is 0 Å². The van der Waals surface area contributed by atoms with Gasteiger partial charge in [0.05, 0.1) is 38.9 Å². The summed E-state index contributed by atoms with van der Waals surface area (Å²) in [5, 5.41) is 10.5. The van der Waals surface area contributed by atoms with E-state index in [1.54, 1.807) is 38.3 Å². The summed E-state index contributed by atoms with van der Waals surface area (Å²) < 4.78 is 21.9. The van der Waals surface area contributed by atoms with Gasteiger partial charge in [0.25, 0.3) is 0 Å². The minimum absolute atomic E-state index is 0.0165. The van der Waals surface area contributed by atoms with Crippen LogP contribution < -0.4 is 25.4 Å². The summed E-state index contributed by atoms with van der Waals surface area (Å²) >= 11 is 6.29. The van der Waals surface area contributed by atoms with Gasteiger partial charge in [-0.3, -0.25) is 14.5 Å². The summed E-state index contributed by atoms with van der Waals surface area (Å²) in [5.41, 5.74) is 1.91. The summed E-state index contributed by atoms with van der Waals surface area (Å²) in [4.78, 5) is 35.4. The molecule has 1 aliphatic rings. The predicted molar refractivity (Wildman–Crippen MR) is 160 cm³/mol. The van der Waals surface area contributed by atoms with Gasteiger partial charge in [0, 0.05) is 54.9 Å². The fourth-order valence-corrected chi connectivity index (χ4v) is 4.59. The van der Waals surface area contributed by atoms with Crippen LogP contribution in [0.15, 0.2) is 36.7 Å². The van der Waals surface area contributed by atoms with E-state index in [0.29, 0.717) is 57.6 Å². The lowest BCUT2D eigenvalue weighted by molar-refractivity contribution is -0.143. The maximum Gasteiger partial charge on any atom is 0.325 e. The van der Waals surface area contributed by atoms with Crippen molar-refractivity contribution in [2.45, 2.75) is 13.3 Å². The molecule has 2 heterocycles. The van der Waals surface area contributed by atoms with E-state index in [0.717, 1.165) is 39.4 Å². The van der Waals surface area contributed by atoms with Crippen LogP contribution in [0, 0.1) is 0 Å². The molecular weight excluding hydrogens is 564 g/mol. The molecule has 0 unspecified atom stereocenters. The zero-order chi connectivity index (χ0) is 29.7. The van der Waals surface area contributed by atoms with E-state index >= 15 is 0 Å². The molecular formula is C29H37ClN6O6. The molecule has 0 aliphatic carbocycles. The molecule has 0 saturated carbocycles. The van der Waals surface area contributed by atoms with Crippen LogP contribution in [0.25, 0.3) is 10.9 Å². The smallest absolute Gasteiger partial charge is 0.325 e. The van der Waals surface area contributed by atoms with Crippen molar-refractivity contribution in [3.63, 3.8) is 0 Å². The first kappa shape index (κ1) is 31.2. The zero-order valence-electron chi connectivity index (χ0n) is 23.9. The number of amides is 1. The standard InChI is InChI=1S/C29H37ClN6O6/c1-3-41-28(38)18-32-27(37)14-20-4-5-21(30)15-23(20)35-29-22-16-26(25(39-2)17-24(22)33-19-34-29)42-11-7-31-6-8-36-9-12-40-13-10-36/h4-5,15-17,19,31H,3,6-14,18H2,1-2H3,(H,32,37)(H,33,34,35). The number of nitrogens with zero attached hydrogens (tertiary/aromatic N) is 3. The van der Waals surface area contributed by atoms with E-state index < -0.39 is 5.97 Å². The van der Waals surface area contributed by atoms with E-state index in [-0.39, 0.29) is 25.5 Å². The van der Waals surface area contributed by atoms with Crippen LogP contribution >= 0.6 is 11.6 Å². The molecule has 2 aromatic carbocycles. The molecule has 1 fully saturated rings. The number of ether oxygens (including phenoxy) is 4. The van der Waals surface area contributed by atoms with Crippen molar-refractivity contribution in [1.82, 2.24) is 25.5 Å². The molecule has 0 bridgehead atoms. The lowest BCUT2D eigenvalue weighted by Crippen LogP contribution is -2.40. The van der Waals surface area contributed by atoms with Crippen LogP contribution in [0.3, 0.4) is 0 Å². The van der Waals surface area contributed by atoms with Gasteiger partial charge >= 0.3 is 5.97 Å². The highest BCUT2D eigenvalue weighted by molar-refractivity contribution is 6.31. The van der Waals surface area contributed by atoms with Crippen LogP contribution in [0.2, 0.25) is 5.02 Å². The molecule has 42 heavy (non-hydrogen) atoms. The number of nitrogens with one attached hydrogen (secondary N) is 3. The Morgan fingerprint density at radius 1 is 1.10 bits per heavy atom. The number of halogens is 1. The minimum atomic E-state index is -0.495. The van der Waals surface area contributed by atoms with Crippen molar-refractivity contribution in [3.05, 3.63) is 47.2 Å². The average molecular weight is 601 g/mol. The summed E-state index contributed by atoms with van der Waals surface area (Å²) in [6.45, 7) is 8.20. The maximum absolute atomic E-state index is 12.5. The SMILES string of the molecule is CCOC(=O)CNC(=O)Cc1ccc(Cl)cc1Nc1ncnc2cc(OC)c(OCCNCCN3CCOCC3)cc12. The third-order valence-corrected chi connectivity index (χ3v) is 6.81. The number of carbonyl (C=O) groups is 2. The molecule has 1 aromatic heterocycles. The second-order valence-corrected chi connectivity index (χ2v) is 9.92. The molecule has 12 nitrogen and oxygen atoms in total. The monoisotopic (exact) mass is 600 g/mol. The Labute approximate surface area is 250 Å². The van der Waals surface area contributed by atoms with Crippen molar-refractivity contribution in [1.29, 1.82) is 0 Å². The number of esters is 1. The van der Waals surface area contributed by atoms with Crippen LogP contribution in [-0.2, 0) is 25.5 Å². The molecule has 4 rings (SSSR count). The Hall–Kier alpha value is -3.71. The molecule has 13 heteroatoms. The fourth-order valence-electron chi connectivity index (χ4n) is 4.42. The molecule has 1 aliphatic heterocycles. The first-order valence-electron chi connectivity index (χ1n) is 13.9. The third kappa shape index (κ3) is 9.15. The Morgan fingerprint density at radius 2 is 1.93 bits per heavy atom. The number of benzene rings is 2. The van der Waals surface area contributed by atoms with Gasteiger partial charge in [-0.05, 0) is 30.7 Å². The number of methoxy groups -OCH3 is 1. The Kier molecular flexibility index (Phi) is 11.9. The van der Waals surface area contributed by atoms with Crippen LogP contribution in [0.5, 0.6) is 11.5 Å². The number of hydrogen-bond donors (Lipinski definition) is 3. The molecule has 1 amide bonds. The number of rotatable bonds is 15. The van der Waals surface area contributed by atoms with E-state index in [1.165, 1.54) is 6.33 Å². The highest BCUT2D eigenvalue weighted by Crippen LogP contribution is 2.35. The lowest BCUT2D eigenvalue weighted by Gasteiger charge is -2.26. The van der Waals surface area contributed by atoms with E-state index in [1.807, 2.05) is 6.07 Å². The number of fused-ring (bicyclic) bond motifs is 1. The van der Waals surface area contributed by atoms with Crippen LogP contribution in [0.1, 0.15) is 12.5 Å². The van der Waals surface area contributed by atoms with E-state index in [9.17, 15) is 9.59 Å². The van der Waals surface area contributed by atoms with Gasteiger partial charge in [-0.25, -0.2) is 9.97 Å². The van der Waals surface area contributed by atoms with Crippen molar-refractivity contribution in [2.24, 2.45) is 0 Å². The van der Waals surface area contributed by atoms with Crippen LogP contribution in [0.4, 0.5) is 11.5 Å². The summed E-state index contributed by atoms with van der Waals surface area (Å²) in [5.74, 6) is 0.793. The zero-order valence-corrected chi connectivity index (χ0v) is 24.7. The summed E-state index contributed by atoms with van der Waals surface area (Å²) in [7, 11) is 1.58. The largest absolute Gasteiger partial charge is 0.493 e. The van der Waals surface area contributed by atoms with Gasteiger partial charge in [0.15, 0.2) is 11.5 Å². The fraction of sp³-hybridized carbons (Fsp3) is 0.448. The Bertz CT molecular complexity index is 1350. The molecule has 0 atom stereocenters. The molecule has 1 saturated heterocycles. The summed E-state index contributed by atoms with van der Waals surface area (Å²) in [6.07, 6.45) is 1.46. The summed E-state index contributed by atoms with van der Waals surface area (Å²) in [6, 6.07) is 8.80. The Balaban J connectivity index is 1.43. The number of morpholine rings is 1. The molecule has 0 radical (unpaired) electrons. The van der Waals surface area contributed by atoms with E-state index in [2.05, 4.69) is 30.8 Å².